The maximum atomic E-state index is 11.5. The summed E-state index contributed by atoms with van der Waals surface area (Å²) in [5.74, 6) is -0.271. The minimum Gasteiger partial charge on any atom is -0.465 e. The number of ketones is 1. The Hall–Kier alpha value is -1.36. The number of amides is 1. The molecule has 1 saturated heterocycles. The average Bonchev–Trinajstić information content (AvgIpc) is 2.16. The molecule has 0 aliphatic carbocycles. The second kappa shape index (κ2) is 4.23. The molecular weight excluding hydrogens is 186 g/mol. The number of rotatable bonds is 2. The number of Topliss-reactive ketones (excluding diaryl/α,β-unsaturated/α-hetero) is 1. The van der Waals surface area contributed by atoms with Crippen molar-refractivity contribution in [1.82, 2.24) is 4.90 Å². The summed E-state index contributed by atoms with van der Waals surface area (Å²) in [6, 6.07) is -0.723. The molecule has 0 spiro atoms. The van der Waals surface area contributed by atoms with E-state index < -0.39 is 12.1 Å². The lowest BCUT2D eigenvalue weighted by molar-refractivity contribution is -0.125. The Morgan fingerprint density at radius 1 is 1.57 bits per heavy atom. The summed E-state index contributed by atoms with van der Waals surface area (Å²) in [7, 11) is 0. The van der Waals surface area contributed by atoms with Crippen molar-refractivity contribution in [2.75, 3.05) is 19.8 Å². The first-order valence-corrected chi connectivity index (χ1v) is 4.31. The zero-order valence-corrected chi connectivity index (χ0v) is 8.02. The molecule has 1 heterocycles. The zero-order chi connectivity index (χ0) is 10.7. The fourth-order valence-corrected chi connectivity index (χ4v) is 1.33. The van der Waals surface area contributed by atoms with E-state index in [1.54, 1.807) is 6.92 Å². The topological polar surface area (TPSA) is 66.8 Å². The predicted molar refractivity (Wildman–Crippen MR) is 49.2 cm³/mol. The van der Waals surface area contributed by atoms with Crippen molar-refractivity contribution in [2.24, 2.45) is 0 Å². The number of hydrogen-bond acceptors (Lipinski definition) is 3. The summed E-state index contributed by atoms with van der Waals surface area (Å²) in [6.45, 7) is 5.76. The SMILES string of the molecule is C=C(C)C(=O)C1COCCN1C(=O)O. The molecule has 0 bridgehead atoms. The summed E-state index contributed by atoms with van der Waals surface area (Å²) in [6.07, 6.45) is -1.09. The van der Waals surface area contributed by atoms with Crippen LogP contribution in [0.4, 0.5) is 4.79 Å². The first kappa shape index (κ1) is 10.7. The Labute approximate surface area is 82.0 Å². The third kappa shape index (κ3) is 2.11. The summed E-state index contributed by atoms with van der Waals surface area (Å²) >= 11 is 0. The van der Waals surface area contributed by atoms with Gasteiger partial charge in [0.2, 0.25) is 0 Å². The number of carbonyl (C=O) groups excluding carboxylic acids is 1. The first-order valence-electron chi connectivity index (χ1n) is 4.31. The smallest absolute Gasteiger partial charge is 0.408 e. The zero-order valence-electron chi connectivity index (χ0n) is 8.02. The van der Waals surface area contributed by atoms with Gasteiger partial charge in [0.1, 0.15) is 6.04 Å². The lowest BCUT2D eigenvalue weighted by Gasteiger charge is -2.32. The largest absolute Gasteiger partial charge is 0.465 e. The van der Waals surface area contributed by atoms with E-state index >= 15 is 0 Å². The first-order chi connectivity index (χ1) is 6.54. The fourth-order valence-electron chi connectivity index (χ4n) is 1.33. The lowest BCUT2D eigenvalue weighted by Crippen LogP contribution is -2.52. The van der Waals surface area contributed by atoms with Gasteiger partial charge in [-0.15, -0.1) is 0 Å². The molecule has 1 amide bonds. The number of carboxylic acid groups (broad SMARTS) is 1. The van der Waals surface area contributed by atoms with Crippen LogP contribution in [0.2, 0.25) is 0 Å². The molecule has 0 radical (unpaired) electrons. The van der Waals surface area contributed by atoms with Crippen molar-refractivity contribution >= 4 is 11.9 Å². The molecule has 0 aromatic heterocycles. The molecular formula is C9H13NO4. The molecule has 1 atom stereocenters. The van der Waals surface area contributed by atoms with Gasteiger partial charge in [-0.2, -0.15) is 0 Å². The molecule has 1 N–H and O–H groups in total. The van der Waals surface area contributed by atoms with Crippen molar-refractivity contribution in [3.05, 3.63) is 12.2 Å². The van der Waals surface area contributed by atoms with Gasteiger partial charge in [-0.25, -0.2) is 4.79 Å². The number of hydrogen-bond donors (Lipinski definition) is 1. The van der Waals surface area contributed by atoms with E-state index in [-0.39, 0.29) is 18.9 Å². The fraction of sp³-hybridized carbons (Fsp3) is 0.556. The lowest BCUT2D eigenvalue weighted by atomic mass is 10.1. The highest BCUT2D eigenvalue weighted by molar-refractivity contribution is 6.00. The highest BCUT2D eigenvalue weighted by Gasteiger charge is 2.32. The van der Waals surface area contributed by atoms with Gasteiger partial charge >= 0.3 is 6.09 Å². The van der Waals surface area contributed by atoms with Crippen LogP contribution in [0.15, 0.2) is 12.2 Å². The Balaban J connectivity index is 2.77. The van der Waals surface area contributed by atoms with E-state index in [1.165, 1.54) is 0 Å². The quantitative estimate of drug-likeness (QED) is 0.658. The molecule has 1 rings (SSSR count). The van der Waals surface area contributed by atoms with Crippen LogP contribution >= 0.6 is 0 Å². The molecule has 1 aliphatic heterocycles. The van der Waals surface area contributed by atoms with Crippen LogP contribution < -0.4 is 0 Å². The van der Waals surface area contributed by atoms with E-state index in [1.807, 2.05) is 0 Å². The summed E-state index contributed by atoms with van der Waals surface area (Å²) < 4.78 is 5.07. The molecule has 1 fully saturated rings. The van der Waals surface area contributed by atoms with Crippen molar-refractivity contribution < 1.29 is 19.4 Å². The molecule has 0 saturated carbocycles. The number of morpholine rings is 1. The van der Waals surface area contributed by atoms with Gasteiger partial charge in [0.15, 0.2) is 5.78 Å². The van der Waals surface area contributed by atoms with Crippen LogP contribution in [-0.2, 0) is 9.53 Å². The Bertz CT molecular complexity index is 274. The van der Waals surface area contributed by atoms with E-state index in [4.69, 9.17) is 9.84 Å². The molecule has 14 heavy (non-hydrogen) atoms. The maximum absolute atomic E-state index is 11.5. The van der Waals surface area contributed by atoms with Crippen LogP contribution in [-0.4, -0.2) is 47.7 Å². The van der Waals surface area contributed by atoms with Crippen molar-refractivity contribution in [1.29, 1.82) is 0 Å². The number of ether oxygens (including phenoxy) is 1. The minimum atomic E-state index is -1.09. The number of nitrogens with zero attached hydrogens (tertiary/aromatic N) is 1. The van der Waals surface area contributed by atoms with E-state index in [9.17, 15) is 9.59 Å². The molecule has 0 aromatic rings. The van der Waals surface area contributed by atoms with Crippen LogP contribution in [0.3, 0.4) is 0 Å². The third-order valence-electron chi connectivity index (χ3n) is 2.10. The highest BCUT2D eigenvalue weighted by Crippen LogP contribution is 2.11. The van der Waals surface area contributed by atoms with Crippen LogP contribution in [0.1, 0.15) is 6.92 Å². The van der Waals surface area contributed by atoms with Crippen molar-refractivity contribution in [3.8, 4) is 0 Å². The number of carbonyl (C=O) groups is 2. The van der Waals surface area contributed by atoms with Crippen molar-refractivity contribution in [3.63, 3.8) is 0 Å². The van der Waals surface area contributed by atoms with Crippen molar-refractivity contribution in [2.45, 2.75) is 13.0 Å². The van der Waals surface area contributed by atoms with Crippen LogP contribution in [0.25, 0.3) is 0 Å². The second-order valence-electron chi connectivity index (χ2n) is 3.21. The van der Waals surface area contributed by atoms with Gasteiger partial charge in [-0.3, -0.25) is 9.69 Å². The van der Waals surface area contributed by atoms with Gasteiger partial charge < -0.3 is 9.84 Å². The molecule has 0 aromatic carbocycles. The van der Waals surface area contributed by atoms with Gasteiger partial charge in [0, 0.05) is 6.54 Å². The predicted octanol–water partition coefficient (Wildman–Crippen LogP) is 0.510. The molecule has 1 unspecified atom stereocenters. The Morgan fingerprint density at radius 2 is 2.21 bits per heavy atom. The normalized spacial score (nSPS) is 21.8. The highest BCUT2D eigenvalue weighted by atomic mass is 16.5. The van der Waals surface area contributed by atoms with Crippen LogP contribution in [0, 0.1) is 0 Å². The molecule has 5 nitrogen and oxygen atoms in total. The third-order valence-corrected chi connectivity index (χ3v) is 2.10. The summed E-state index contributed by atoms with van der Waals surface area (Å²) in [5, 5.41) is 8.83. The summed E-state index contributed by atoms with van der Waals surface area (Å²) in [4.78, 5) is 23.4. The van der Waals surface area contributed by atoms with Gasteiger partial charge in [-0.05, 0) is 12.5 Å². The molecule has 78 valence electrons. The minimum absolute atomic E-state index is 0.123. The van der Waals surface area contributed by atoms with E-state index in [2.05, 4.69) is 6.58 Å². The Kier molecular flexibility index (Phi) is 3.24. The summed E-state index contributed by atoms with van der Waals surface area (Å²) in [5.41, 5.74) is 0.353. The van der Waals surface area contributed by atoms with Gasteiger partial charge in [0.25, 0.3) is 0 Å². The maximum Gasteiger partial charge on any atom is 0.408 e. The average molecular weight is 199 g/mol. The van der Waals surface area contributed by atoms with E-state index in [0.717, 1.165) is 4.90 Å². The standard InChI is InChI=1S/C9H13NO4/c1-6(2)8(11)7-5-14-4-3-10(7)9(12)13/h7H,1,3-5H2,2H3,(H,12,13). The monoisotopic (exact) mass is 199 g/mol. The van der Waals surface area contributed by atoms with E-state index in [0.29, 0.717) is 12.2 Å². The van der Waals surface area contributed by atoms with Crippen LogP contribution in [0.5, 0.6) is 0 Å². The second-order valence-corrected chi connectivity index (χ2v) is 3.21. The van der Waals surface area contributed by atoms with Gasteiger partial charge in [0.05, 0.1) is 13.2 Å². The molecule has 1 aliphatic rings. The Morgan fingerprint density at radius 3 is 2.71 bits per heavy atom. The van der Waals surface area contributed by atoms with Gasteiger partial charge in [-0.1, -0.05) is 6.58 Å². The molecule has 5 heteroatoms.